The lowest BCUT2D eigenvalue weighted by Gasteiger charge is -2.27. The largest absolute Gasteiger partial charge is 0.317 e. The van der Waals surface area contributed by atoms with Crippen LogP contribution in [0.3, 0.4) is 0 Å². The molecule has 2 fully saturated rings. The first-order valence-corrected chi connectivity index (χ1v) is 8.17. The van der Waals surface area contributed by atoms with E-state index in [2.05, 4.69) is 44.3 Å². The fourth-order valence-corrected chi connectivity index (χ4v) is 3.84. The number of anilines is 1. The van der Waals surface area contributed by atoms with Gasteiger partial charge in [0.15, 0.2) is 0 Å². The van der Waals surface area contributed by atoms with Crippen LogP contribution in [0, 0.1) is 25.2 Å². The number of carbonyl (C=O) groups excluding carboxylic acids is 1. The minimum absolute atomic E-state index is 0.250. The number of nitrogens with zero attached hydrogens (tertiary/aromatic N) is 1. The molecule has 114 valence electrons. The van der Waals surface area contributed by atoms with Crippen molar-refractivity contribution in [1.29, 1.82) is 0 Å². The maximum absolute atomic E-state index is 13.0. The van der Waals surface area contributed by atoms with Gasteiger partial charge in [0.1, 0.15) is 0 Å². The molecule has 1 aliphatic heterocycles. The molecular formula is C18H26N2O. The normalized spacial score (nSPS) is 23.1. The van der Waals surface area contributed by atoms with Gasteiger partial charge >= 0.3 is 0 Å². The molecule has 3 heteroatoms. The van der Waals surface area contributed by atoms with E-state index in [1.807, 2.05) is 4.90 Å². The van der Waals surface area contributed by atoms with Gasteiger partial charge in [-0.05, 0) is 75.7 Å². The highest BCUT2D eigenvalue weighted by molar-refractivity contribution is 5.98. The van der Waals surface area contributed by atoms with Gasteiger partial charge in [0.05, 0.1) is 0 Å². The number of aryl methyl sites for hydroxylation is 1. The molecule has 0 radical (unpaired) electrons. The minimum atomic E-state index is 0.250. The Kier molecular flexibility index (Phi) is 3.78. The Hall–Kier alpha value is -1.35. The number of amides is 1. The van der Waals surface area contributed by atoms with Crippen LogP contribution in [-0.2, 0) is 4.79 Å². The Morgan fingerprint density at radius 3 is 2.71 bits per heavy atom. The molecule has 1 atom stereocenters. The van der Waals surface area contributed by atoms with Crippen molar-refractivity contribution in [2.45, 2.75) is 40.0 Å². The van der Waals surface area contributed by atoms with Crippen molar-refractivity contribution in [3.8, 4) is 0 Å². The molecule has 1 aliphatic carbocycles. The van der Waals surface area contributed by atoms with E-state index in [0.29, 0.717) is 11.3 Å². The van der Waals surface area contributed by atoms with Crippen LogP contribution in [0.1, 0.15) is 37.3 Å². The van der Waals surface area contributed by atoms with Crippen molar-refractivity contribution in [1.82, 2.24) is 5.32 Å². The van der Waals surface area contributed by atoms with Gasteiger partial charge < -0.3 is 10.2 Å². The van der Waals surface area contributed by atoms with Gasteiger partial charge in [0.25, 0.3) is 0 Å². The first-order chi connectivity index (χ1) is 10.1. The molecule has 1 aromatic rings. The van der Waals surface area contributed by atoms with Crippen molar-refractivity contribution in [2.75, 3.05) is 24.5 Å². The topological polar surface area (TPSA) is 32.3 Å². The third-order valence-corrected chi connectivity index (χ3v) is 5.54. The summed E-state index contributed by atoms with van der Waals surface area (Å²) in [6.45, 7) is 9.21. The van der Waals surface area contributed by atoms with Gasteiger partial charge in [-0.25, -0.2) is 0 Å². The Bertz CT molecular complexity index is 546. The summed E-state index contributed by atoms with van der Waals surface area (Å²) in [4.78, 5) is 15.0. The first-order valence-electron chi connectivity index (χ1n) is 8.17. The minimum Gasteiger partial charge on any atom is -0.317 e. The second-order valence-electron chi connectivity index (χ2n) is 6.67. The van der Waals surface area contributed by atoms with Crippen LogP contribution >= 0.6 is 0 Å². The van der Waals surface area contributed by atoms with Crippen LogP contribution in [0.25, 0.3) is 0 Å². The highest BCUT2D eigenvalue weighted by atomic mass is 16.2. The number of benzene rings is 1. The zero-order valence-corrected chi connectivity index (χ0v) is 13.4. The Morgan fingerprint density at radius 1 is 1.33 bits per heavy atom. The molecule has 1 unspecified atom stereocenters. The molecule has 1 amide bonds. The molecule has 1 saturated carbocycles. The molecule has 3 rings (SSSR count). The van der Waals surface area contributed by atoms with Crippen LogP contribution < -0.4 is 10.2 Å². The maximum Gasteiger partial charge on any atom is 0.230 e. The fraction of sp³-hybridized carbons (Fsp3) is 0.611. The average molecular weight is 286 g/mol. The predicted molar refractivity (Wildman–Crippen MR) is 86.6 cm³/mol. The van der Waals surface area contributed by atoms with E-state index in [-0.39, 0.29) is 5.92 Å². The Labute approximate surface area is 127 Å². The van der Waals surface area contributed by atoms with E-state index in [9.17, 15) is 4.79 Å². The SMILES string of the molecule is CCN(C(=O)C1CC12CCNCC2)c1cccc(C)c1C. The van der Waals surface area contributed by atoms with Gasteiger partial charge in [-0.2, -0.15) is 0 Å². The lowest BCUT2D eigenvalue weighted by Crippen LogP contribution is -2.37. The quantitative estimate of drug-likeness (QED) is 0.926. The Morgan fingerprint density at radius 2 is 2.05 bits per heavy atom. The number of hydrogen-bond donors (Lipinski definition) is 1. The van der Waals surface area contributed by atoms with Crippen molar-refractivity contribution >= 4 is 11.6 Å². The van der Waals surface area contributed by atoms with Crippen molar-refractivity contribution in [2.24, 2.45) is 11.3 Å². The predicted octanol–water partition coefficient (Wildman–Crippen LogP) is 3.05. The molecule has 1 spiro atoms. The molecule has 1 saturated heterocycles. The summed E-state index contributed by atoms with van der Waals surface area (Å²) in [5, 5.41) is 3.41. The fourth-order valence-electron chi connectivity index (χ4n) is 3.84. The lowest BCUT2D eigenvalue weighted by molar-refractivity contribution is -0.120. The van der Waals surface area contributed by atoms with Crippen LogP contribution in [0.5, 0.6) is 0 Å². The average Bonchev–Trinajstić information content (AvgIpc) is 3.18. The molecule has 0 aromatic heterocycles. The van der Waals surface area contributed by atoms with E-state index in [0.717, 1.165) is 44.6 Å². The summed E-state index contributed by atoms with van der Waals surface area (Å²) >= 11 is 0. The zero-order valence-electron chi connectivity index (χ0n) is 13.4. The summed E-state index contributed by atoms with van der Waals surface area (Å²) < 4.78 is 0. The third kappa shape index (κ3) is 2.48. The zero-order chi connectivity index (χ0) is 15.0. The highest BCUT2D eigenvalue weighted by Gasteiger charge is 2.58. The molecule has 1 heterocycles. The van der Waals surface area contributed by atoms with Crippen molar-refractivity contribution in [3.63, 3.8) is 0 Å². The van der Waals surface area contributed by atoms with Crippen molar-refractivity contribution in [3.05, 3.63) is 29.3 Å². The third-order valence-electron chi connectivity index (χ3n) is 5.54. The molecule has 21 heavy (non-hydrogen) atoms. The maximum atomic E-state index is 13.0. The smallest absolute Gasteiger partial charge is 0.230 e. The number of piperidine rings is 1. The summed E-state index contributed by atoms with van der Waals surface area (Å²) in [7, 11) is 0. The molecule has 1 aromatic carbocycles. The second-order valence-corrected chi connectivity index (χ2v) is 6.67. The van der Waals surface area contributed by atoms with Crippen LogP contribution in [0.2, 0.25) is 0 Å². The number of carbonyl (C=O) groups is 1. The van der Waals surface area contributed by atoms with Crippen molar-refractivity contribution < 1.29 is 4.79 Å². The van der Waals surface area contributed by atoms with E-state index in [1.165, 1.54) is 11.1 Å². The van der Waals surface area contributed by atoms with Crippen LogP contribution in [-0.4, -0.2) is 25.5 Å². The summed E-state index contributed by atoms with van der Waals surface area (Å²) in [5.41, 5.74) is 3.89. The van der Waals surface area contributed by atoms with E-state index in [4.69, 9.17) is 0 Å². The molecular weight excluding hydrogens is 260 g/mol. The highest BCUT2D eigenvalue weighted by Crippen LogP contribution is 2.59. The van der Waals surface area contributed by atoms with E-state index >= 15 is 0 Å². The van der Waals surface area contributed by atoms with Gasteiger partial charge in [-0.1, -0.05) is 12.1 Å². The molecule has 1 N–H and O–H groups in total. The molecule has 0 bridgehead atoms. The van der Waals surface area contributed by atoms with E-state index in [1.54, 1.807) is 0 Å². The lowest BCUT2D eigenvalue weighted by atomic mass is 9.91. The van der Waals surface area contributed by atoms with Crippen LogP contribution in [0.15, 0.2) is 18.2 Å². The van der Waals surface area contributed by atoms with Gasteiger partial charge in [-0.3, -0.25) is 4.79 Å². The summed E-state index contributed by atoms with van der Waals surface area (Å²) in [5.74, 6) is 0.590. The molecule has 3 nitrogen and oxygen atoms in total. The van der Waals surface area contributed by atoms with Crippen LogP contribution in [0.4, 0.5) is 5.69 Å². The number of rotatable bonds is 3. The summed E-state index contributed by atoms with van der Waals surface area (Å²) in [6, 6.07) is 6.25. The van der Waals surface area contributed by atoms with E-state index < -0.39 is 0 Å². The first kappa shape index (κ1) is 14.6. The van der Waals surface area contributed by atoms with Gasteiger partial charge in [-0.15, -0.1) is 0 Å². The standard InChI is InChI=1S/C18H26N2O/c1-4-20(16-7-5-6-13(2)14(16)3)17(21)15-12-18(15)8-10-19-11-9-18/h5-7,15,19H,4,8-12H2,1-3H3. The second kappa shape index (κ2) is 5.45. The number of hydrogen-bond acceptors (Lipinski definition) is 2. The summed E-state index contributed by atoms with van der Waals surface area (Å²) in [6.07, 6.45) is 3.41. The number of nitrogens with one attached hydrogen (secondary N) is 1. The monoisotopic (exact) mass is 286 g/mol. The molecule has 2 aliphatic rings. The van der Waals surface area contributed by atoms with Gasteiger partial charge in [0, 0.05) is 18.2 Å². The van der Waals surface area contributed by atoms with Gasteiger partial charge in [0.2, 0.25) is 5.91 Å². The Balaban J connectivity index is 1.81.